The van der Waals surface area contributed by atoms with Gasteiger partial charge in [0.2, 0.25) is 0 Å². The van der Waals surface area contributed by atoms with E-state index in [2.05, 4.69) is 4.72 Å². The lowest BCUT2D eigenvalue weighted by Crippen LogP contribution is -2.33. The van der Waals surface area contributed by atoms with Crippen molar-refractivity contribution in [1.29, 1.82) is 0 Å². The van der Waals surface area contributed by atoms with E-state index in [-0.39, 0.29) is 16.4 Å². The molecule has 0 radical (unpaired) electrons. The molecule has 0 aliphatic heterocycles. The molecule has 5 nitrogen and oxygen atoms in total. The van der Waals surface area contributed by atoms with Gasteiger partial charge in [-0.15, -0.1) is 0 Å². The van der Waals surface area contributed by atoms with Gasteiger partial charge in [-0.2, -0.15) is 13.2 Å². The molecule has 2 aromatic rings. The van der Waals surface area contributed by atoms with Gasteiger partial charge in [0.15, 0.2) is 0 Å². The summed E-state index contributed by atoms with van der Waals surface area (Å²) in [6.45, 7) is 2.41. The number of carbonyl (C=O) groups is 1. The van der Waals surface area contributed by atoms with Gasteiger partial charge in [0, 0.05) is 5.56 Å². The SMILES string of the molecule is CC(C)c1ccccc1NS(=O)(=O)c1ccc(C(=O)NCC(F)(F)F)cc1. The summed E-state index contributed by atoms with van der Waals surface area (Å²) in [6, 6.07) is 11.6. The third-order valence-corrected chi connectivity index (χ3v) is 5.08. The van der Waals surface area contributed by atoms with E-state index >= 15 is 0 Å². The Morgan fingerprint density at radius 3 is 2.19 bits per heavy atom. The number of hydrogen-bond donors (Lipinski definition) is 2. The van der Waals surface area contributed by atoms with Crippen molar-refractivity contribution in [1.82, 2.24) is 5.32 Å². The number of halogens is 3. The first-order valence-electron chi connectivity index (χ1n) is 8.06. The van der Waals surface area contributed by atoms with Crippen LogP contribution < -0.4 is 10.0 Å². The minimum absolute atomic E-state index is 0.0687. The van der Waals surface area contributed by atoms with Gasteiger partial charge >= 0.3 is 6.18 Å². The standard InChI is InChI=1S/C18H19F3N2O3S/c1-12(2)15-5-3-4-6-16(15)23-27(25,26)14-9-7-13(8-10-14)17(24)22-11-18(19,20)21/h3-10,12,23H,11H2,1-2H3,(H,22,24). The predicted molar refractivity (Wildman–Crippen MR) is 96.2 cm³/mol. The lowest BCUT2D eigenvalue weighted by Gasteiger charge is -2.15. The van der Waals surface area contributed by atoms with Crippen LogP contribution in [0.2, 0.25) is 0 Å². The third-order valence-electron chi connectivity index (χ3n) is 3.70. The molecular formula is C18H19F3N2O3S. The van der Waals surface area contributed by atoms with Crippen molar-refractivity contribution in [3.05, 3.63) is 59.7 Å². The van der Waals surface area contributed by atoms with Crippen molar-refractivity contribution in [3.8, 4) is 0 Å². The highest BCUT2D eigenvalue weighted by atomic mass is 32.2. The molecule has 2 rings (SSSR count). The van der Waals surface area contributed by atoms with E-state index in [1.807, 2.05) is 26.0 Å². The minimum Gasteiger partial charge on any atom is -0.343 e. The van der Waals surface area contributed by atoms with Gasteiger partial charge in [-0.05, 0) is 41.8 Å². The fourth-order valence-corrected chi connectivity index (χ4v) is 3.45. The van der Waals surface area contributed by atoms with Gasteiger partial charge in [-0.1, -0.05) is 32.0 Å². The van der Waals surface area contributed by atoms with Gasteiger partial charge in [0.25, 0.3) is 15.9 Å². The maximum Gasteiger partial charge on any atom is 0.405 e. The molecule has 0 aliphatic carbocycles. The number of carbonyl (C=O) groups excluding carboxylic acids is 1. The molecule has 27 heavy (non-hydrogen) atoms. The molecule has 0 unspecified atom stereocenters. The molecule has 0 aromatic heterocycles. The lowest BCUT2D eigenvalue weighted by molar-refractivity contribution is -0.123. The first kappa shape index (κ1) is 20.8. The van der Waals surface area contributed by atoms with E-state index in [4.69, 9.17) is 0 Å². The summed E-state index contributed by atoms with van der Waals surface area (Å²) < 4.78 is 64.0. The zero-order valence-electron chi connectivity index (χ0n) is 14.7. The average Bonchev–Trinajstić information content (AvgIpc) is 2.59. The number of rotatable bonds is 6. The van der Waals surface area contributed by atoms with E-state index in [1.165, 1.54) is 12.1 Å². The molecular weight excluding hydrogens is 381 g/mol. The summed E-state index contributed by atoms with van der Waals surface area (Å²) in [5.41, 5.74) is 1.20. The normalized spacial score (nSPS) is 12.1. The second kappa shape index (κ2) is 7.99. The van der Waals surface area contributed by atoms with E-state index in [9.17, 15) is 26.4 Å². The Bertz CT molecular complexity index is 908. The Balaban J connectivity index is 2.17. The fourth-order valence-electron chi connectivity index (χ4n) is 2.37. The van der Waals surface area contributed by atoms with Crippen LogP contribution in [0.4, 0.5) is 18.9 Å². The van der Waals surface area contributed by atoms with Crippen LogP contribution in [0.15, 0.2) is 53.4 Å². The number of alkyl halides is 3. The maximum absolute atomic E-state index is 12.6. The number of benzene rings is 2. The Morgan fingerprint density at radius 2 is 1.63 bits per heavy atom. The molecule has 0 bridgehead atoms. The molecule has 0 saturated heterocycles. The number of anilines is 1. The zero-order chi connectivity index (χ0) is 20.2. The highest BCUT2D eigenvalue weighted by Gasteiger charge is 2.28. The van der Waals surface area contributed by atoms with E-state index < -0.39 is 28.7 Å². The molecule has 0 atom stereocenters. The van der Waals surface area contributed by atoms with E-state index in [0.29, 0.717) is 5.69 Å². The Morgan fingerprint density at radius 1 is 1.04 bits per heavy atom. The summed E-state index contributed by atoms with van der Waals surface area (Å²) in [4.78, 5) is 11.6. The lowest BCUT2D eigenvalue weighted by atomic mass is 10.0. The van der Waals surface area contributed by atoms with Crippen molar-refractivity contribution in [2.75, 3.05) is 11.3 Å². The Hall–Kier alpha value is -2.55. The van der Waals surface area contributed by atoms with Crippen LogP contribution in [0, 0.1) is 0 Å². The second-order valence-corrected chi connectivity index (χ2v) is 7.85. The largest absolute Gasteiger partial charge is 0.405 e. The fraction of sp³-hybridized carbons (Fsp3) is 0.278. The average molecular weight is 400 g/mol. The molecule has 0 heterocycles. The van der Waals surface area contributed by atoms with Crippen molar-refractivity contribution >= 4 is 21.6 Å². The molecule has 146 valence electrons. The van der Waals surface area contributed by atoms with Gasteiger partial charge in [-0.25, -0.2) is 8.42 Å². The maximum atomic E-state index is 12.6. The first-order valence-corrected chi connectivity index (χ1v) is 9.55. The minimum atomic E-state index is -4.52. The zero-order valence-corrected chi connectivity index (χ0v) is 15.5. The molecule has 0 fully saturated rings. The number of sulfonamides is 1. The molecule has 1 amide bonds. The van der Waals surface area contributed by atoms with Gasteiger partial charge < -0.3 is 5.32 Å². The van der Waals surface area contributed by atoms with Crippen molar-refractivity contribution < 1.29 is 26.4 Å². The van der Waals surface area contributed by atoms with Crippen LogP contribution in [0.1, 0.15) is 35.7 Å². The molecule has 0 spiro atoms. The molecule has 9 heteroatoms. The van der Waals surface area contributed by atoms with Gasteiger partial charge in [-0.3, -0.25) is 9.52 Å². The summed E-state index contributed by atoms with van der Waals surface area (Å²) in [6.07, 6.45) is -4.52. The number of amides is 1. The highest BCUT2D eigenvalue weighted by molar-refractivity contribution is 7.92. The Kier molecular flexibility index (Phi) is 6.15. The van der Waals surface area contributed by atoms with Crippen LogP contribution in [-0.2, 0) is 10.0 Å². The highest BCUT2D eigenvalue weighted by Crippen LogP contribution is 2.26. The molecule has 2 aromatic carbocycles. The Labute approximate surface area is 155 Å². The van der Waals surface area contributed by atoms with Crippen LogP contribution in [0.5, 0.6) is 0 Å². The summed E-state index contributed by atoms with van der Waals surface area (Å²) in [7, 11) is -3.91. The number of hydrogen-bond acceptors (Lipinski definition) is 3. The van der Waals surface area contributed by atoms with Gasteiger partial charge in [0.05, 0.1) is 10.6 Å². The third kappa shape index (κ3) is 5.72. The molecule has 2 N–H and O–H groups in total. The number of para-hydroxylation sites is 1. The molecule has 0 saturated carbocycles. The summed E-state index contributed by atoms with van der Waals surface area (Å²) in [5.74, 6) is -0.835. The van der Waals surface area contributed by atoms with Crippen molar-refractivity contribution in [3.63, 3.8) is 0 Å². The van der Waals surface area contributed by atoms with Crippen LogP contribution >= 0.6 is 0 Å². The van der Waals surface area contributed by atoms with Crippen LogP contribution in [0.25, 0.3) is 0 Å². The summed E-state index contributed by atoms with van der Waals surface area (Å²) >= 11 is 0. The first-order chi connectivity index (χ1) is 12.5. The predicted octanol–water partition coefficient (Wildman–Crippen LogP) is 3.90. The van der Waals surface area contributed by atoms with Gasteiger partial charge in [0.1, 0.15) is 6.54 Å². The van der Waals surface area contributed by atoms with Crippen molar-refractivity contribution in [2.45, 2.75) is 30.8 Å². The molecule has 0 aliphatic rings. The smallest absolute Gasteiger partial charge is 0.343 e. The number of nitrogens with one attached hydrogen (secondary N) is 2. The van der Waals surface area contributed by atoms with E-state index in [0.717, 1.165) is 17.7 Å². The quantitative estimate of drug-likeness (QED) is 0.772. The van der Waals surface area contributed by atoms with E-state index in [1.54, 1.807) is 17.4 Å². The van der Waals surface area contributed by atoms with Crippen LogP contribution in [0.3, 0.4) is 0 Å². The topological polar surface area (TPSA) is 75.3 Å². The second-order valence-electron chi connectivity index (χ2n) is 6.17. The monoisotopic (exact) mass is 400 g/mol. The summed E-state index contributed by atoms with van der Waals surface area (Å²) in [5, 5.41) is 1.73. The van der Waals surface area contributed by atoms with Crippen molar-refractivity contribution in [2.24, 2.45) is 0 Å². The van der Waals surface area contributed by atoms with Crippen LogP contribution in [-0.4, -0.2) is 27.0 Å².